The molecule has 4 atom stereocenters. The van der Waals surface area contributed by atoms with E-state index in [9.17, 15) is 34.8 Å². The number of aliphatic hydroxyl groups is 3. The van der Waals surface area contributed by atoms with Gasteiger partial charge in [0.2, 0.25) is 5.78 Å². The highest BCUT2D eigenvalue weighted by atomic mass is 16.3. The standard InChI is InChI=1S/C20H22N4O7/c1-24(2)19-7-3-6-4-8-13(21)15(27)12(18(22)30)17(29)20(8,31)16(28)10(6)14(26)11(7)9(25)5-23-19/h5-6,8,13,25-26,29,31H,3-4,21H2,1-2H3,(H2,22,30)/t6-,8-,13-,20-/m0/s1. The Morgan fingerprint density at radius 3 is 2.48 bits per heavy atom. The maximum atomic E-state index is 13.4. The van der Waals surface area contributed by atoms with Gasteiger partial charge in [-0.15, -0.1) is 0 Å². The normalized spacial score (nSPS) is 30.0. The lowest BCUT2D eigenvalue weighted by molar-refractivity contribution is -0.149. The lowest BCUT2D eigenvalue weighted by Crippen LogP contribution is -2.65. The summed E-state index contributed by atoms with van der Waals surface area (Å²) in [5, 5.41) is 43.1. The Hall–Kier alpha value is -3.44. The van der Waals surface area contributed by atoms with Crippen molar-refractivity contribution in [3.63, 3.8) is 0 Å². The predicted octanol–water partition coefficient (Wildman–Crippen LogP) is -1.18. The van der Waals surface area contributed by atoms with Gasteiger partial charge < -0.3 is 36.8 Å². The average Bonchev–Trinajstić information content (AvgIpc) is 2.68. The number of carbonyl (C=O) groups excluding carboxylic acids is 3. The number of Topliss-reactive ketones (excluding diaryl/α,β-unsaturated/α-hetero) is 2. The van der Waals surface area contributed by atoms with Crippen LogP contribution < -0.4 is 16.4 Å². The summed E-state index contributed by atoms with van der Waals surface area (Å²) in [6.07, 6.45) is 1.25. The Bertz CT molecular complexity index is 1120. The topological polar surface area (TPSA) is 200 Å². The first-order valence-electron chi connectivity index (χ1n) is 9.54. The third kappa shape index (κ3) is 2.53. The van der Waals surface area contributed by atoms with Gasteiger partial charge in [0.1, 0.15) is 28.7 Å². The highest BCUT2D eigenvalue weighted by molar-refractivity contribution is 6.24. The van der Waals surface area contributed by atoms with Crippen LogP contribution in [0.25, 0.3) is 5.76 Å². The molecule has 31 heavy (non-hydrogen) atoms. The van der Waals surface area contributed by atoms with Crippen LogP contribution in [-0.4, -0.2) is 68.6 Å². The molecule has 0 unspecified atom stereocenters. The van der Waals surface area contributed by atoms with Crippen LogP contribution in [-0.2, 0) is 20.8 Å². The van der Waals surface area contributed by atoms with Crippen molar-refractivity contribution in [2.45, 2.75) is 24.5 Å². The molecule has 4 rings (SSSR count). The van der Waals surface area contributed by atoms with E-state index >= 15 is 0 Å². The fraction of sp³-hybridized carbons (Fsp3) is 0.400. The molecule has 8 N–H and O–H groups in total. The van der Waals surface area contributed by atoms with Crippen molar-refractivity contribution in [3.8, 4) is 5.75 Å². The summed E-state index contributed by atoms with van der Waals surface area (Å²) in [5.74, 6) is -6.93. The zero-order chi connectivity index (χ0) is 23.0. The van der Waals surface area contributed by atoms with Crippen LogP contribution >= 0.6 is 0 Å². The van der Waals surface area contributed by atoms with Gasteiger partial charge in [-0.1, -0.05) is 0 Å². The Morgan fingerprint density at radius 1 is 1.26 bits per heavy atom. The van der Waals surface area contributed by atoms with Gasteiger partial charge >= 0.3 is 0 Å². The summed E-state index contributed by atoms with van der Waals surface area (Å²) < 4.78 is 0. The molecule has 3 aliphatic rings. The molecule has 1 amide bonds. The van der Waals surface area contributed by atoms with Crippen LogP contribution in [0.2, 0.25) is 0 Å². The van der Waals surface area contributed by atoms with Gasteiger partial charge in [-0.3, -0.25) is 14.4 Å². The molecule has 164 valence electrons. The number of hydrogen-bond acceptors (Lipinski definition) is 10. The molecule has 1 heterocycles. The van der Waals surface area contributed by atoms with Crippen molar-refractivity contribution in [1.29, 1.82) is 0 Å². The predicted molar refractivity (Wildman–Crippen MR) is 107 cm³/mol. The fourth-order valence-electron chi connectivity index (χ4n) is 4.98. The number of aromatic hydroxyl groups is 1. The SMILES string of the molecule is CN(C)c1ncc(O)c2c1C[C@H]1C[C@H]3[C@H](N)C(=O)C(C(N)=O)=C(O)[C@@]3(O)C(=O)C1=C2O. The van der Waals surface area contributed by atoms with Gasteiger partial charge in [0, 0.05) is 31.1 Å². The number of anilines is 1. The molecule has 1 aromatic heterocycles. The number of aliphatic hydroxyl groups excluding tert-OH is 2. The number of hydrogen-bond donors (Lipinski definition) is 6. The molecule has 0 aromatic carbocycles. The third-order valence-corrected chi connectivity index (χ3v) is 6.40. The molecule has 0 spiro atoms. The van der Waals surface area contributed by atoms with Gasteiger partial charge in [0.05, 0.1) is 17.8 Å². The number of rotatable bonds is 2. The number of pyridine rings is 1. The number of amides is 1. The summed E-state index contributed by atoms with van der Waals surface area (Å²) in [4.78, 5) is 43.5. The largest absolute Gasteiger partial charge is 0.508 e. The summed E-state index contributed by atoms with van der Waals surface area (Å²) >= 11 is 0. The van der Waals surface area contributed by atoms with Crippen LogP contribution in [0.15, 0.2) is 23.1 Å². The summed E-state index contributed by atoms with van der Waals surface area (Å²) in [5.41, 5.74) is 7.75. The van der Waals surface area contributed by atoms with E-state index in [-0.39, 0.29) is 29.7 Å². The molecule has 0 aliphatic heterocycles. The number of nitrogens with two attached hydrogens (primary N) is 2. The van der Waals surface area contributed by atoms with E-state index in [0.29, 0.717) is 11.4 Å². The first-order valence-corrected chi connectivity index (χ1v) is 9.54. The van der Waals surface area contributed by atoms with Crippen LogP contribution in [0.3, 0.4) is 0 Å². The van der Waals surface area contributed by atoms with Gasteiger partial charge in [-0.05, 0) is 18.8 Å². The minimum Gasteiger partial charge on any atom is -0.508 e. The number of ketones is 2. The van der Waals surface area contributed by atoms with Crippen molar-refractivity contribution in [1.82, 2.24) is 4.98 Å². The average molecular weight is 430 g/mol. The zero-order valence-corrected chi connectivity index (χ0v) is 16.8. The van der Waals surface area contributed by atoms with E-state index in [1.807, 2.05) is 0 Å². The van der Waals surface area contributed by atoms with Crippen molar-refractivity contribution in [3.05, 3.63) is 34.2 Å². The van der Waals surface area contributed by atoms with Crippen LogP contribution in [0, 0.1) is 11.8 Å². The second kappa shape index (κ2) is 6.53. The van der Waals surface area contributed by atoms with Crippen LogP contribution in [0.4, 0.5) is 5.82 Å². The molecule has 1 aromatic rings. The highest BCUT2D eigenvalue weighted by Gasteiger charge is 2.63. The fourth-order valence-corrected chi connectivity index (χ4v) is 4.98. The molecule has 1 fully saturated rings. The Morgan fingerprint density at radius 2 is 1.90 bits per heavy atom. The molecule has 1 saturated carbocycles. The zero-order valence-electron chi connectivity index (χ0n) is 16.8. The molecular weight excluding hydrogens is 408 g/mol. The van der Waals surface area contributed by atoms with Crippen molar-refractivity contribution >= 4 is 29.1 Å². The lowest BCUT2D eigenvalue weighted by Gasteiger charge is -2.48. The molecule has 0 saturated heterocycles. The molecular formula is C20H22N4O7. The van der Waals surface area contributed by atoms with Crippen LogP contribution in [0.5, 0.6) is 5.75 Å². The van der Waals surface area contributed by atoms with Crippen LogP contribution in [0.1, 0.15) is 17.5 Å². The van der Waals surface area contributed by atoms with Gasteiger partial charge in [0.15, 0.2) is 11.4 Å². The van der Waals surface area contributed by atoms with E-state index in [1.165, 1.54) is 0 Å². The first kappa shape index (κ1) is 20.8. The van der Waals surface area contributed by atoms with Crippen molar-refractivity contribution in [2.24, 2.45) is 23.3 Å². The minimum atomic E-state index is -2.71. The van der Waals surface area contributed by atoms with Crippen molar-refractivity contribution < 1.29 is 34.8 Å². The molecule has 11 heteroatoms. The minimum absolute atomic E-state index is 0.00451. The maximum Gasteiger partial charge on any atom is 0.255 e. The maximum absolute atomic E-state index is 13.4. The Kier molecular flexibility index (Phi) is 4.38. The Labute approximate surface area is 176 Å². The smallest absolute Gasteiger partial charge is 0.255 e. The number of carbonyl (C=O) groups is 3. The number of aromatic nitrogens is 1. The van der Waals surface area contributed by atoms with Crippen molar-refractivity contribution in [2.75, 3.05) is 19.0 Å². The lowest BCUT2D eigenvalue weighted by atomic mass is 9.58. The second-order valence-electron chi connectivity index (χ2n) is 8.29. The summed E-state index contributed by atoms with van der Waals surface area (Å²) in [6.45, 7) is 0. The van der Waals surface area contributed by atoms with E-state index in [2.05, 4.69) is 4.98 Å². The summed E-state index contributed by atoms with van der Waals surface area (Å²) in [7, 11) is 3.45. The van der Waals surface area contributed by atoms with Gasteiger partial charge in [0.25, 0.3) is 5.91 Å². The second-order valence-corrected chi connectivity index (χ2v) is 8.29. The van der Waals surface area contributed by atoms with E-state index in [0.717, 1.165) is 6.20 Å². The van der Waals surface area contributed by atoms with E-state index in [4.69, 9.17) is 11.5 Å². The Balaban J connectivity index is 1.97. The van der Waals surface area contributed by atoms with Gasteiger partial charge in [-0.2, -0.15) is 0 Å². The number of primary amides is 1. The molecule has 11 nitrogen and oxygen atoms in total. The number of nitrogens with zero attached hydrogens (tertiary/aromatic N) is 2. The molecule has 0 radical (unpaired) electrons. The highest BCUT2D eigenvalue weighted by Crippen LogP contribution is 2.52. The van der Waals surface area contributed by atoms with Gasteiger partial charge in [-0.25, -0.2) is 4.98 Å². The molecule has 3 aliphatic carbocycles. The van der Waals surface area contributed by atoms with E-state index in [1.54, 1.807) is 19.0 Å². The number of fused-ring (bicyclic) bond motifs is 3. The quantitative estimate of drug-likeness (QED) is 0.310. The first-order chi connectivity index (χ1) is 14.4. The summed E-state index contributed by atoms with van der Waals surface area (Å²) in [6, 6.07) is -1.46. The molecule has 0 bridgehead atoms. The van der Waals surface area contributed by atoms with E-state index < -0.39 is 58.0 Å². The third-order valence-electron chi connectivity index (χ3n) is 6.40. The monoisotopic (exact) mass is 430 g/mol.